The average molecular weight is 535 g/mol. The van der Waals surface area contributed by atoms with Crippen LogP contribution in [0.4, 0.5) is 0 Å². The maximum Gasteiger partial charge on any atom is 0.342 e. The van der Waals surface area contributed by atoms with Gasteiger partial charge in [0.05, 0.1) is 17.3 Å². The van der Waals surface area contributed by atoms with Crippen LogP contribution in [0, 0.1) is 13.8 Å². The van der Waals surface area contributed by atoms with Gasteiger partial charge in [-0.3, -0.25) is 0 Å². The Morgan fingerprint density at radius 2 is 1.62 bits per heavy atom. The van der Waals surface area contributed by atoms with Crippen molar-refractivity contribution in [3.05, 3.63) is 130 Å². The van der Waals surface area contributed by atoms with E-state index in [2.05, 4.69) is 8.75 Å². The fraction of sp³-hybridized carbons (Fsp3) is 0.156. The summed E-state index contributed by atoms with van der Waals surface area (Å²) >= 11 is 1.12. The number of aryl methyl sites for hydroxylation is 2. The third-order valence-corrected chi connectivity index (χ3v) is 7.71. The summed E-state index contributed by atoms with van der Waals surface area (Å²) in [6, 6.07) is 28.8. The molecule has 1 aromatic heterocycles. The summed E-state index contributed by atoms with van der Waals surface area (Å²) < 4.78 is 20.3. The minimum absolute atomic E-state index is 0.302. The lowest BCUT2D eigenvalue weighted by molar-refractivity contribution is -0.185. The summed E-state index contributed by atoms with van der Waals surface area (Å²) in [5.74, 6) is -1.74. The number of rotatable bonds is 7. The monoisotopic (exact) mass is 534 g/mol. The Labute approximate surface area is 230 Å². The number of hydrogen-bond donors (Lipinski definition) is 1. The molecule has 0 bridgehead atoms. The smallest absolute Gasteiger partial charge is 0.342 e. The van der Waals surface area contributed by atoms with E-state index in [1.165, 1.54) is 0 Å². The Morgan fingerprint density at radius 3 is 2.38 bits per heavy atom. The largest absolute Gasteiger partial charge is 0.489 e. The van der Waals surface area contributed by atoms with E-state index in [0.29, 0.717) is 40.8 Å². The lowest BCUT2D eigenvalue weighted by Crippen LogP contribution is -2.30. The molecule has 5 aromatic rings. The van der Waals surface area contributed by atoms with Gasteiger partial charge < -0.3 is 14.6 Å². The van der Waals surface area contributed by atoms with Gasteiger partial charge in [-0.15, -0.1) is 0 Å². The molecule has 7 heteroatoms. The van der Waals surface area contributed by atoms with Crippen LogP contribution in [0.2, 0.25) is 0 Å². The van der Waals surface area contributed by atoms with Crippen molar-refractivity contribution >= 4 is 34.3 Å². The standard InChI is InChI=1S/C32H26N2O4S/c1-20-8-12-25(16-21(20)2)32(36)27(30(31(35)38-32)24-11-15-28-29(18-24)34-39-33-28)17-22-9-13-26(14-10-22)37-19-23-6-4-3-5-7-23/h3-16,18,36H,17,19H2,1-2H3. The molecule has 0 radical (unpaired) electrons. The number of esters is 1. The molecule has 6 rings (SSSR count). The lowest BCUT2D eigenvalue weighted by atomic mass is 9.87. The van der Waals surface area contributed by atoms with E-state index in [4.69, 9.17) is 9.47 Å². The number of fused-ring (bicyclic) bond motifs is 1. The Hall–Kier alpha value is -4.33. The zero-order valence-electron chi connectivity index (χ0n) is 21.5. The third kappa shape index (κ3) is 4.82. The fourth-order valence-corrected chi connectivity index (χ4v) is 5.33. The highest BCUT2D eigenvalue weighted by Gasteiger charge is 2.48. The van der Waals surface area contributed by atoms with E-state index in [1.54, 1.807) is 0 Å². The Morgan fingerprint density at radius 1 is 0.846 bits per heavy atom. The number of cyclic esters (lactones) is 1. The topological polar surface area (TPSA) is 81.5 Å². The van der Waals surface area contributed by atoms with Crippen molar-refractivity contribution in [1.29, 1.82) is 0 Å². The van der Waals surface area contributed by atoms with Crippen LogP contribution in [0.25, 0.3) is 16.6 Å². The van der Waals surface area contributed by atoms with Gasteiger partial charge in [-0.2, -0.15) is 8.75 Å². The van der Waals surface area contributed by atoms with Gasteiger partial charge in [-0.05, 0) is 72.0 Å². The summed E-state index contributed by atoms with van der Waals surface area (Å²) in [5, 5.41) is 12.0. The molecule has 194 valence electrons. The second-order valence-corrected chi connectivity index (χ2v) is 10.3. The van der Waals surface area contributed by atoms with Crippen LogP contribution in [0.3, 0.4) is 0 Å². The molecular weight excluding hydrogens is 508 g/mol. The third-order valence-electron chi connectivity index (χ3n) is 7.15. The fourth-order valence-electron chi connectivity index (χ4n) is 4.81. The van der Waals surface area contributed by atoms with Crippen molar-refractivity contribution in [2.75, 3.05) is 0 Å². The Kier molecular flexibility index (Phi) is 6.46. The van der Waals surface area contributed by atoms with Crippen LogP contribution in [-0.2, 0) is 28.3 Å². The highest BCUT2D eigenvalue weighted by molar-refractivity contribution is 7.00. The molecule has 1 N–H and O–H groups in total. The number of carbonyl (C=O) groups excluding carboxylic acids is 1. The molecule has 4 aromatic carbocycles. The summed E-state index contributed by atoms with van der Waals surface area (Å²) in [7, 11) is 0. The van der Waals surface area contributed by atoms with E-state index in [1.807, 2.05) is 105 Å². The molecule has 0 spiro atoms. The van der Waals surface area contributed by atoms with Crippen LogP contribution in [0.5, 0.6) is 5.75 Å². The predicted octanol–water partition coefficient (Wildman–Crippen LogP) is 6.29. The first-order chi connectivity index (χ1) is 18.9. The van der Waals surface area contributed by atoms with Gasteiger partial charge in [-0.1, -0.05) is 60.7 Å². The number of ether oxygens (including phenoxy) is 2. The number of nitrogens with zero attached hydrogens (tertiary/aromatic N) is 2. The van der Waals surface area contributed by atoms with Crippen LogP contribution < -0.4 is 4.74 Å². The van der Waals surface area contributed by atoms with Gasteiger partial charge >= 0.3 is 5.97 Å². The summed E-state index contributed by atoms with van der Waals surface area (Å²) in [4.78, 5) is 13.4. The number of benzene rings is 4. The molecule has 0 aliphatic carbocycles. The van der Waals surface area contributed by atoms with E-state index in [-0.39, 0.29) is 0 Å². The van der Waals surface area contributed by atoms with Gasteiger partial charge in [0.2, 0.25) is 0 Å². The van der Waals surface area contributed by atoms with Crippen molar-refractivity contribution in [1.82, 2.24) is 8.75 Å². The highest BCUT2D eigenvalue weighted by atomic mass is 32.1. The van der Waals surface area contributed by atoms with Crippen molar-refractivity contribution in [2.24, 2.45) is 0 Å². The van der Waals surface area contributed by atoms with Crippen molar-refractivity contribution in [3.63, 3.8) is 0 Å². The number of aliphatic hydroxyl groups is 1. The van der Waals surface area contributed by atoms with Crippen molar-refractivity contribution in [2.45, 2.75) is 32.7 Å². The summed E-state index contributed by atoms with van der Waals surface area (Å²) in [6.45, 7) is 4.45. The Balaban J connectivity index is 1.38. The van der Waals surface area contributed by atoms with E-state index in [9.17, 15) is 9.90 Å². The first-order valence-corrected chi connectivity index (χ1v) is 13.4. The maximum atomic E-state index is 13.4. The maximum absolute atomic E-state index is 13.4. The SMILES string of the molecule is Cc1ccc(C2(O)OC(=O)C(c3ccc4nsnc4c3)=C2Cc2ccc(OCc3ccccc3)cc2)cc1C. The molecule has 0 fully saturated rings. The summed E-state index contributed by atoms with van der Waals surface area (Å²) in [6.07, 6.45) is 0.302. The zero-order chi connectivity index (χ0) is 27.0. The van der Waals surface area contributed by atoms with Crippen molar-refractivity contribution < 1.29 is 19.4 Å². The number of carbonyl (C=O) groups is 1. The van der Waals surface area contributed by atoms with Crippen LogP contribution in [0.1, 0.15) is 33.4 Å². The molecule has 2 heterocycles. The van der Waals surface area contributed by atoms with Gasteiger partial charge in [0.15, 0.2) is 0 Å². The summed E-state index contributed by atoms with van der Waals surface area (Å²) in [5.41, 5.74) is 7.51. The second-order valence-electron chi connectivity index (χ2n) is 9.75. The number of aromatic nitrogens is 2. The molecule has 1 atom stereocenters. The first kappa shape index (κ1) is 25.0. The quantitative estimate of drug-likeness (QED) is 0.247. The predicted molar refractivity (Wildman–Crippen MR) is 151 cm³/mol. The Bertz CT molecular complexity index is 1710. The molecule has 1 aliphatic heterocycles. The van der Waals surface area contributed by atoms with Gasteiger partial charge in [0.1, 0.15) is 23.4 Å². The lowest BCUT2D eigenvalue weighted by Gasteiger charge is -2.26. The van der Waals surface area contributed by atoms with E-state index < -0.39 is 11.8 Å². The molecule has 0 amide bonds. The van der Waals surface area contributed by atoms with Gasteiger partial charge in [0.25, 0.3) is 5.79 Å². The molecule has 1 unspecified atom stereocenters. The highest BCUT2D eigenvalue weighted by Crippen LogP contribution is 2.45. The van der Waals surface area contributed by atoms with Gasteiger partial charge in [0, 0.05) is 17.6 Å². The minimum atomic E-state index is -1.90. The van der Waals surface area contributed by atoms with E-state index >= 15 is 0 Å². The minimum Gasteiger partial charge on any atom is -0.489 e. The zero-order valence-corrected chi connectivity index (χ0v) is 22.4. The average Bonchev–Trinajstić information content (AvgIpc) is 3.52. The van der Waals surface area contributed by atoms with E-state index in [0.717, 1.165) is 45.2 Å². The number of hydrogen-bond acceptors (Lipinski definition) is 7. The van der Waals surface area contributed by atoms with Crippen LogP contribution in [-0.4, -0.2) is 19.8 Å². The molecule has 39 heavy (non-hydrogen) atoms. The molecule has 1 aliphatic rings. The molecule has 0 saturated heterocycles. The molecule has 6 nitrogen and oxygen atoms in total. The normalized spacial score (nSPS) is 17.1. The van der Waals surface area contributed by atoms with Crippen molar-refractivity contribution in [3.8, 4) is 5.75 Å². The first-order valence-electron chi connectivity index (χ1n) is 12.7. The molecular formula is C32H26N2O4S. The molecule has 0 saturated carbocycles. The van der Waals surface area contributed by atoms with Crippen LogP contribution >= 0.6 is 11.7 Å². The van der Waals surface area contributed by atoms with Crippen LogP contribution in [0.15, 0.2) is 96.6 Å². The van der Waals surface area contributed by atoms with Gasteiger partial charge in [-0.25, -0.2) is 4.79 Å². The second kappa shape index (κ2) is 10.1.